The van der Waals surface area contributed by atoms with E-state index in [1.165, 1.54) is 25.7 Å². The predicted molar refractivity (Wildman–Crippen MR) is 48.0 cm³/mol. The van der Waals surface area contributed by atoms with Crippen molar-refractivity contribution >= 4 is 0 Å². The summed E-state index contributed by atoms with van der Waals surface area (Å²) >= 11 is 0. The summed E-state index contributed by atoms with van der Waals surface area (Å²) in [6, 6.07) is 0.558. The first-order chi connectivity index (χ1) is 5.64. The molecule has 3 N–H and O–H groups in total. The Labute approximate surface area is 73.8 Å². The number of rotatable bonds is 4. The van der Waals surface area contributed by atoms with Gasteiger partial charge in [0.1, 0.15) is 0 Å². The average molecular weight is 173 g/mol. The average Bonchev–Trinajstić information content (AvgIpc) is 2.53. The molecule has 1 unspecified atom stereocenters. The van der Waals surface area contributed by atoms with Crippen molar-refractivity contribution < 1.29 is 10.2 Å². The molecule has 72 valence electrons. The Morgan fingerprint density at radius 3 is 2.50 bits per heavy atom. The van der Waals surface area contributed by atoms with E-state index in [4.69, 9.17) is 5.11 Å². The predicted octanol–water partition coefficient (Wildman–Crippen LogP) is 0.262. The van der Waals surface area contributed by atoms with E-state index in [1.54, 1.807) is 6.92 Å². The van der Waals surface area contributed by atoms with E-state index in [0.29, 0.717) is 12.6 Å². The van der Waals surface area contributed by atoms with E-state index >= 15 is 0 Å². The lowest BCUT2D eigenvalue weighted by atomic mass is 10.1. The van der Waals surface area contributed by atoms with Crippen molar-refractivity contribution in [3.05, 3.63) is 0 Å². The molecular weight excluding hydrogens is 154 g/mol. The van der Waals surface area contributed by atoms with Gasteiger partial charge in [0.25, 0.3) is 0 Å². The summed E-state index contributed by atoms with van der Waals surface area (Å²) in [5.74, 6) is 0. The molecule has 0 heterocycles. The zero-order valence-corrected chi connectivity index (χ0v) is 7.71. The molecule has 1 aliphatic carbocycles. The maximum atomic E-state index is 9.47. The summed E-state index contributed by atoms with van der Waals surface area (Å²) < 4.78 is 0. The van der Waals surface area contributed by atoms with Crippen molar-refractivity contribution in [3.8, 4) is 0 Å². The quantitative estimate of drug-likeness (QED) is 0.571. The van der Waals surface area contributed by atoms with Gasteiger partial charge in [-0.1, -0.05) is 12.8 Å². The maximum absolute atomic E-state index is 9.47. The minimum Gasteiger partial charge on any atom is -0.393 e. The molecule has 3 nitrogen and oxygen atoms in total. The molecule has 0 bridgehead atoms. The Hall–Kier alpha value is -0.120. The van der Waals surface area contributed by atoms with Crippen LogP contribution < -0.4 is 5.32 Å². The summed E-state index contributed by atoms with van der Waals surface area (Å²) in [5, 5.41) is 21.5. The maximum Gasteiger partial charge on any atom is 0.0972 e. The third-order valence-corrected chi connectivity index (χ3v) is 2.47. The molecule has 1 fully saturated rings. The lowest BCUT2D eigenvalue weighted by molar-refractivity contribution is 0.000883. The van der Waals surface area contributed by atoms with Crippen LogP contribution in [-0.2, 0) is 0 Å². The molecule has 0 radical (unpaired) electrons. The highest BCUT2D eigenvalue weighted by Gasteiger charge is 2.21. The van der Waals surface area contributed by atoms with Crippen LogP contribution in [0.15, 0.2) is 0 Å². The van der Waals surface area contributed by atoms with Gasteiger partial charge in [-0.25, -0.2) is 0 Å². The van der Waals surface area contributed by atoms with Gasteiger partial charge >= 0.3 is 0 Å². The second kappa shape index (κ2) is 4.21. The topological polar surface area (TPSA) is 52.5 Å². The standard InChI is InChI=1S/C9H19NO2/c1-9(12,7-11)6-10-8-4-2-3-5-8/h8,10-12H,2-7H2,1H3. The normalized spacial score (nSPS) is 24.2. The number of aliphatic hydroxyl groups is 2. The SMILES string of the molecule is CC(O)(CO)CNC1CCCC1. The number of aliphatic hydroxyl groups excluding tert-OH is 1. The molecule has 0 spiro atoms. The van der Waals surface area contributed by atoms with E-state index in [-0.39, 0.29) is 6.61 Å². The molecule has 0 aromatic rings. The Kier molecular flexibility index (Phi) is 3.50. The van der Waals surface area contributed by atoms with Crippen molar-refractivity contribution in [2.75, 3.05) is 13.2 Å². The summed E-state index contributed by atoms with van der Waals surface area (Å²) in [4.78, 5) is 0. The van der Waals surface area contributed by atoms with E-state index in [9.17, 15) is 5.11 Å². The molecule has 1 aliphatic rings. The molecule has 12 heavy (non-hydrogen) atoms. The second-order valence-electron chi connectivity index (χ2n) is 4.02. The Bertz CT molecular complexity index is 130. The summed E-state index contributed by atoms with van der Waals surface area (Å²) in [6.45, 7) is 1.97. The fourth-order valence-electron chi connectivity index (χ4n) is 1.55. The van der Waals surface area contributed by atoms with Gasteiger partial charge in [0.15, 0.2) is 0 Å². The van der Waals surface area contributed by atoms with E-state index in [0.717, 1.165) is 0 Å². The van der Waals surface area contributed by atoms with Crippen molar-refractivity contribution in [2.24, 2.45) is 0 Å². The molecule has 0 aromatic heterocycles. The van der Waals surface area contributed by atoms with Crippen LogP contribution in [0.25, 0.3) is 0 Å². The molecule has 3 heteroatoms. The van der Waals surface area contributed by atoms with Crippen LogP contribution in [0, 0.1) is 0 Å². The van der Waals surface area contributed by atoms with Crippen LogP contribution in [0.1, 0.15) is 32.6 Å². The largest absolute Gasteiger partial charge is 0.393 e. The first-order valence-electron chi connectivity index (χ1n) is 4.71. The highest BCUT2D eigenvalue weighted by Crippen LogP contribution is 2.17. The highest BCUT2D eigenvalue weighted by atomic mass is 16.3. The van der Waals surface area contributed by atoms with E-state index in [2.05, 4.69) is 5.32 Å². The van der Waals surface area contributed by atoms with Crippen molar-refractivity contribution in [1.82, 2.24) is 5.32 Å². The van der Waals surface area contributed by atoms with Crippen LogP contribution in [0.4, 0.5) is 0 Å². The van der Waals surface area contributed by atoms with Gasteiger partial charge < -0.3 is 15.5 Å². The van der Waals surface area contributed by atoms with E-state index in [1.807, 2.05) is 0 Å². The lowest BCUT2D eigenvalue weighted by Crippen LogP contribution is -2.44. The molecule has 0 aromatic carbocycles. The fraction of sp³-hybridized carbons (Fsp3) is 1.00. The van der Waals surface area contributed by atoms with Crippen LogP contribution in [-0.4, -0.2) is 35.0 Å². The van der Waals surface area contributed by atoms with Gasteiger partial charge in [-0.15, -0.1) is 0 Å². The van der Waals surface area contributed by atoms with Gasteiger partial charge in [-0.2, -0.15) is 0 Å². The van der Waals surface area contributed by atoms with Crippen LogP contribution >= 0.6 is 0 Å². The summed E-state index contributed by atoms with van der Waals surface area (Å²) in [7, 11) is 0. The van der Waals surface area contributed by atoms with Crippen molar-refractivity contribution in [3.63, 3.8) is 0 Å². The molecule has 0 amide bonds. The smallest absolute Gasteiger partial charge is 0.0972 e. The van der Waals surface area contributed by atoms with Gasteiger partial charge in [-0.3, -0.25) is 0 Å². The second-order valence-corrected chi connectivity index (χ2v) is 4.02. The monoisotopic (exact) mass is 173 g/mol. The van der Waals surface area contributed by atoms with Crippen LogP contribution in [0.5, 0.6) is 0 Å². The Balaban J connectivity index is 2.15. The first-order valence-corrected chi connectivity index (χ1v) is 4.71. The molecular formula is C9H19NO2. The molecule has 0 aliphatic heterocycles. The summed E-state index contributed by atoms with van der Waals surface area (Å²) in [6.07, 6.45) is 5.00. The third-order valence-electron chi connectivity index (χ3n) is 2.47. The van der Waals surface area contributed by atoms with Crippen molar-refractivity contribution in [2.45, 2.75) is 44.2 Å². The number of nitrogens with one attached hydrogen (secondary N) is 1. The van der Waals surface area contributed by atoms with Crippen LogP contribution in [0.2, 0.25) is 0 Å². The minimum atomic E-state index is -0.956. The number of hydrogen-bond acceptors (Lipinski definition) is 3. The molecule has 1 rings (SSSR count). The first kappa shape index (κ1) is 9.96. The van der Waals surface area contributed by atoms with Crippen molar-refractivity contribution in [1.29, 1.82) is 0 Å². The Morgan fingerprint density at radius 1 is 1.42 bits per heavy atom. The Morgan fingerprint density at radius 2 is 2.00 bits per heavy atom. The number of hydrogen-bond donors (Lipinski definition) is 3. The lowest BCUT2D eigenvalue weighted by Gasteiger charge is -2.23. The molecule has 0 saturated heterocycles. The third kappa shape index (κ3) is 3.09. The molecule has 1 saturated carbocycles. The van der Waals surface area contributed by atoms with Gasteiger partial charge in [-0.05, 0) is 19.8 Å². The highest BCUT2D eigenvalue weighted by molar-refractivity contribution is 4.80. The zero-order valence-electron chi connectivity index (χ0n) is 7.71. The van der Waals surface area contributed by atoms with Gasteiger partial charge in [0.2, 0.25) is 0 Å². The van der Waals surface area contributed by atoms with Gasteiger partial charge in [0, 0.05) is 12.6 Å². The summed E-state index contributed by atoms with van der Waals surface area (Å²) in [5.41, 5.74) is -0.956. The molecule has 1 atom stereocenters. The van der Waals surface area contributed by atoms with Crippen LogP contribution in [0.3, 0.4) is 0 Å². The fourth-order valence-corrected chi connectivity index (χ4v) is 1.55. The van der Waals surface area contributed by atoms with Gasteiger partial charge in [0.05, 0.1) is 12.2 Å². The zero-order chi connectivity index (χ0) is 9.03. The minimum absolute atomic E-state index is 0.174. The van der Waals surface area contributed by atoms with E-state index < -0.39 is 5.60 Å².